The molecule has 0 bridgehead atoms. The normalized spacial score (nSPS) is 17.8. The van der Waals surface area contributed by atoms with Gasteiger partial charge in [0.05, 0.1) is 30.9 Å². The number of likely N-dealkylation sites (tertiary alicyclic amines) is 1. The molecule has 2 N–H and O–H groups in total. The van der Waals surface area contributed by atoms with Crippen molar-refractivity contribution in [2.75, 3.05) is 20.3 Å². The number of para-hydroxylation sites is 1. The summed E-state index contributed by atoms with van der Waals surface area (Å²) in [7, 11) is 1.47. The van der Waals surface area contributed by atoms with E-state index in [4.69, 9.17) is 9.47 Å². The Kier molecular flexibility index (Phi) is 6.84. The summed E-state index contributed by atoms with van der Waals surface area (Å²) in [6.45, 7) is 4.49. The van der Waals surface area contributed by atoms with Crippen molar-refractivity contribution in [2.45, 2.75) is 32.7 Å². The second-order valence-electron chi connectivity index (χ2n) is 7.21. The lowest BCUT2D eigenvalue weighted by Crippen LogP contribution is -2.30. The maximum Gasteiger partial charge on any atom is 0.295 e. The topological polar surface area (TPSA) is 96.3 Å². The molecule has 0 aromatic heterocycles. The Labute approximate surface area is 181 Å². The van der Waals surface area contributed by atoms with Crippen LogP contribution >= 0.6 is 0 Å². The summed E-state index contributed by atoms with van der Waals surface area (Å²) < 4.78 is 10.8. The van der Waals surface area contributed by atoms with Crippen LogP contribution in [0.15, 0.2) is 48.0 Å². The highest BCUT2D eigenvalue weighted by Crippen LogP contribution is 2.42. The molecule has 1 aliphatic heterocycles. The number of carbonyl (C=O) groups is 2. The highest BCUT2D eigenvalue weighted by Gasteiger charge is 2.46. The molecule has 31 heavy (non-hydrogen) atoms. The molecule has 1 aliphatic rings. The standard InChI is InChI=1S/C24H27NO6/c1-4-6-13-25-21(15-11-12-17(26)19(14-15)31-5-2)20(23(28)24(25)29)22(27)16-9-7-8-10-18(16)30-3/h7-12,14,21,26-27H,4-6,13H2,1-3H3/b22-20-. The summed E-state index contributed by atoms with van der Waals surface area (Å²) in [5.74, 6) is -1.12. The minimum absolute atomic E-state index is 0.0151. The van der Waals surface area contributed by atoms with Crippen molar-refractivity contribution in [2.24, 2.45) is 0 Å². The van der Waals surface area contributed by atoms with Gasteiger partial charge in [-0.15, -0.1) is 0 Å². The zero-order valence-electron chi connectivity index (χ0n) is 17.9. The van der Waals surface area contributed by atoms with Crippen LogP contribution in [0.25, 0.3) is 5.76 Å². The maximum atomic E-state index is 13.0. The van der Waals surface area contributed by atoms with Gasteiger partial charge in [0.25, 0.3) is 11.7 Å². The number of aliphatic hydroxyl groups is 1. The van der Waals surface area contributed by atoms with Crippen LogP contribution in [-0.4, -0.2) is 47.1 Å². The van der Waals surface area contributed by atoms with Gasteiger partial charge in [0.1, 0.15) is 11.5 Å². The molecule has 0 aliphatic carbocycles. The van der Waals surface area contributed by atoms with Gasteiger partial charge in [0.2, 0.25) is 0 Å². The summed E-state index contributed by atoms with van der Waals surface area (Å²) in [6, 6.07) is 10.7. The Morgan fingerprint density at radius 1 is 1.10 bits per heavy atom. The number of nitrogens with zero attached hydrogens (tertiary/aromatic N) is 1. The van der Waals surface area contributed by atoms with Gasteiger partial charge in [-0.25, -0.2) is 0 Å². The molecule has 1 amide bonds. The first-order valence-electron chi connectivity index (χ1n) is 10.3. The smallest absolute Gasteiger partial charge is 0.295 e. The number of phenolic OH excluding ortho intramolecular Hbond substituents is 1. The fourth-order valence-corrected chi connectivity index (χ4v) is 3.74. The van der Waals surface area contributed by atoms with Crippen molar-refractivity contribution in [3.05, 3.63) is 59.2 Å². The molecule has 0 saturated carbocycles. The number of aromatic hydroxyl groups is 1. The molecule has 0 radical (unpaired) electrons. The fourth-order valence-electron chi connectivity index (χ4n) is 3.74. The van der Waals surface area contributed by atoms with Crippen molar-refractivity contribution in [3.8, 4) is 17.2 Å². The number of ether oxygens (including phenoxy) is 2. The number of aliphatic hydroxyl groups excluding tert-OH is 1. The van der Waals surface area contributed by atoms with Gasteiger partial charge in [-0.1, -0.05) is 31.5 Å². The monoisotopic (exact) mass is 425 g/mol. The van der Waals surface area contributed by atoms with E-state index in [1.807, 2.05) is 6.92 Å². The second kappa shape index (κ2) is 9.55. The van der Waals surface area contributed by atoms with Gasteiger partial charge in [-0.05, 0) is 43.2 Å². The van der Waals surface area contributed by atoms with E-state index in [9.17, 15) is 19.8 Å². The highest BCUT2D eigenvalue weighted by atomic mass is 16.5. The number of hydrogen-bond donors (Lipinski definition) is 2. The maximum absolute atomic E-state index is 13.0. The van der Waals surface area contributed by atoms with Crippen LogP contribution in [0.2, 0.25) is 0 Å². The van der Waals surface area contributed by atoms with Crippen LogP contribution in [0.1, 0.15) is 43.9 Å². The third-order valence-corrected chi connectivity index (χ3v) is 5.25. The quantitative estimate of drug-likeness (QED) is 0.377. The molecule has 1 saturated heterocycles. The van der Waals surface area contributed by atoms with E-state index in [1.54, 1.807) is 43.3 Å². The summed E-state index contributed by atoms with van der Waals surface area (Å²) in [4.78, 5) is 27.4. The van der Waals surface area contributed by atoms with Crippen molar-refractivity contribution in [1.82, 2.24) is 4.90 Å². The van der Waals surface area contributed by atoms with Crippen LogP contribution in [-0.2, 0) is 9.59 Å². The Morgan fingerprint density at radius 2 is 1.84 bits per heavy atom. The Hall–Kier alpha value is -3.48. The predicted molar refractivity (Wildman–Crippen MR) is 116 cm³/mol. The number of phenols is 1. The minimum Gasteiger partial charge on any atom is -0.507 e. The third-order valence-electron chi connectivity index (χ3n) is 5.25. The van der Waals surface area contributed by atoms with Gasteiger partial charge in [0, 0.05) is 6.54 Å². The van der Waals surface area contributed by atoms with E-state index < -0.39 is 17.7 Å². The highest BCUT2D eigenvalue weighted by molar-refractivity contribution is 6.46. The number of unbranched alkanes of at least 4 members (excludes halogenated alkanes) is 1. The molecule has 2 aromatic carbocycles. The molecular formula is C24H27NO6. The van der Waals surface area contributed by atoms with E-state index in [2.05, 4.69) is 0 Å². The number of amides is 1. The van der Waals surface area contributed by atoms with Crippen molar-refractivity contribution >= 4 is 17.4 Å². The number of Topliss-reactive ketones (excluding diaryl/α,β-unsaturated/α-hetero) is 1. The van der Waals surface area contributed by atoms with Crippen molar-refractivity contribution in [3.63, 3.8) is 0 Å². The summed E-state index contributed by atoms with van der Waals surface area (Å²) in [6.07, 6.45) is 1.54. The van der Waals surface area contributed by atoms with Crippen LogP contribution in [0.4, 0.5) is 0 Å². The van der Waals surface area contributed by atoms with E-state index in [1.165, 1.54) is 18.1 Å². The number of methoxy groups -OCH3 is 1. The SMILES string of the molecule is CCCCN1C(=O)C(=O)/C(=C(\O)c2ccccc2OC)C1c1ccc(O)c(OCC)c1. The molecule has 2 aromatic rings. The first-order valence-corrected chi connectivity index (χ1v) is 10.3. The van der Waals surface area contributed by atoms with Crippen LogP contribution in [0.3, 0.4) is 0 Å². The Morgan fingerprint density at radius 3 is 2.52 bits per heavy atom. The number of benzene rings is 2. The van der Waals surface area contributed by atoms with E-state index in [-0.39, 0.29) is 22.8 Å². The van der Waals surface area contributed by atoms with Gasteiger partial charge in [-0.3, -0.25) is 9.59 Å². The van der Waals surface area contributed by atoms with Crippen molar-refractivity contribution < 1.29 is 29.3 Å². The average Bonchev–Trinajstić information content (AvgIpc) is 3.03. The molecule has 1 atom stereocenters. The molecular weight excluding hydrogens is 398 g/mol. The lowest BCUT2D eigenvalue weighted by molar-refractivity contribution is -0.139. The minimum atomic E-state index is -0.809. The number of hydrogen-bond acceptors (Lipinski definition) is 6. The van der Waals surface area contributed by atoms with Gasteiger partial charge < -0.3 is 24.6 Å². The number of carbonyl (C=O) groups excluding carboxylic acids is 2. The summed E-state index contributed by atoms with van der Waals surface area (Å²) in [5.41, 5.74) is 0.874. The third kappa shape index (κ3) is 4.21. The first-order chi connectivity index (χ1) is 14.9. The van der Waals surface area contributed by atoms with Gasteiger partial charge in [0.15, 0.2) is 11.5 Å². The second-order valence-corrected chi connectivity index (χ2v) is 7.21. The van der Waals surface area contributed by atoms with E-state index in [0.29, 0.717) is 36.4 Å². The largest absolute Gasteiger partial charge is 0.507 e. The molecule has 3 rings (SSSR count). The lowest BCUT2D eigenvalue weighted by atomic mass is 9.94. The molecule has 7 heteroatoms. The van der Waals surface area contributed by atoms with E-state index >= 15 is 0 Å². The summed E-state index contributed by atoms with van der Waals surface area (Å²) >= 11 is 0. The van der Waals surface area contributed by atoms with Crippen LogP contribution in [0, 0.1) is 0 Å². The first kappa shape index (κ1) is 22.2. The molecule has 7 nitrogen and oxygen atoms in total. The van der Waals surface area contributed by atoms with Crippen LogP contribution in [0.5, 0.6) is 17.2 Å². The van der Waals surface area contributed by atoms with E-state index in [0.717, 1.165) is 6.42 Å². The van der Waals surface area contributed by atoms with Crippen molar-refractivity contribution in [1.29, 1.82) is 0 Å². The predicted octanol–water partition coefficient (Wildman–Crippen LogP) is 4.02. The summed E-state index contributed by atoms with van der Waals surface area (Å²) in [5, 5.41) is 21.2. The molecule has 1 fully saturated rings. The van der Waals surface area contributed by atoms with Gasteiger partial charge in [-0.2, -0.15) is 0 Å². The zero-order chi connectivity index (χ0) is 22.5. The average molecular weight is 425 g/mol. The molecule has 164 valence electrons. The number of rotatable bonds is 8. The Bertz CT molecular complexity index is 1010. The zero-order valence-corrected chi connectivity index (χ0v) is 17.9. The molecule has 0 spiro atoms. The van der Waals surface area contributed by atoms with Gasteiger partial charge >= 0.3 is 0 Å². The molecule has 1 unspecified atom stereocenters. The Balaban J connectivity index is 2.22. The molecule has 1 heterocycles. The fraction of sp³-hybridized carbons (Fsp3) is 0.333. The van der Waals surface area contributed by atoms with Crippen LogP contribution < -0.4 is 9.47 Å². The lowest BCUT2D eigenvalue weighted by Gasteiger charge is -2.26. The number of ketones is 1.